The molecule has 0 atom stereocenters. The third-order valence-electron chi connectivity index (χ3n) is 2.36. The van der Waals surface area contributed by atoms with Crippen LogP contribution in [0.5, 0.6) is 0 Å². The van der Waals surface area contributed by atoms with Crippen LogP contribution in [0.3, 0.4) is 0 Å². The summed E-state index contributed by atoms with van der Waals surface area (Å²) < 4.78 is 1.63. The molecule has 0 saturated heterocycles. The summed E-state index contributed by atoms with van der Waals surface area (Å²) in [6.45, 7) is 2.73. The lowest BCUT2D eigenvalue weighted by atomic mass is 10.5. The number of nitro groups is 1. The van der Waals surface area contributed by atoms with E-state index in [4.69, 9.17) is 0 Å². The van der Waals surface area contributed by atoms with Crippen LogP contribution in [0.2, 0.25) is 0 Å². The van der Waals surface area contributed by atoms with E-state index in [0.717, 1.165) is 17.9 Å². The summed E-state index contributed by atoms with van der Waals surface area (Å²) in [4.78, 5) is 19.5. The Morgan fingerprint density at radius 3 is 2.90 bits per heavy atom. The van der Waals surface area contributed by atoms with Gasteiger partial charge in [0.25, 0.3) is 0 Å². The largest absolute Gasteiger partial charge is 0.354 e. The van der Waals surface area contributed by atoms with E-state index in [1.54, 1.807) is 24.1 Å². The summed E-state index contributed by atoms with van der Waals surface area (Å²) in [5, 5.41) is 18.4. The molecule has 0 fully saturated rings. The molecule has 2 aromatic rings. The Balaban J connectivity index is 2.28. The van der Waals surface area contributed by atoms with Crippen LogP contribution in [0.15, 0.2) is 28.5 Å². The van der Waals surface area contributed by atoms with Crippen molar-refractivity contribution >= 4 is 23.4 Å². The van der Waals surface area contributed by atoms with Crippen LogP contribution in [-0.4, -0.2) is 31.2 Å². The van der Waals surface area contributed by atoms with Crippen molar-refractivity contribution < 1.29 is 4.92 Å². The van der Waals surface area contributed by atoms with Gasteiger partial charge in [-0.25, -0.2) is 4.98 Å². The normalized spacial score (nSPS) is 10.5. The molecule has 0 amide bonds. The number of hydrogen-bond donors (Lipinski definition) is 1. The maximum absolute atomic E-state index is 11.0. The fourth-order valence-electron chi connectivity index (χ4n) is 1.45. The van der Waals surface area contributed by atoms with Crippen molar-refractivity contribution in [3.8, 4) is 0 Å². The van der Waals surface area contributed by atoms with Crippen molar-refractivity contribution in [2.75, 3.05) is 11.9 Å². The lowest BCUT2D eigenvalue weighted by molar-refractivity contribution is -0.388. The van der Waals surface area contributed by atoms with Gasteiger partial charge in [0.05, 0.1) is 16.0 Å². The smallest absolute Gasteiger partial charge is 0.320 e. The van der Waals surface area contributed by atoms with Crippen molar-refractivity contribution in [3.05, 3.63) is 28.7 Å². The second-order valence-electron chi connectivity index (χ2n) is 4.02. The summed E-state index contributed by atoms with van der Waals surface area (Å²) in [6, 6.07) is 0. The highest BCUT2D eigenvalue weighted by Crippen LogP contribution is 2.32. The van der Waals surface area contributed by atoms with Crippen LogP contribution in [0.1, 0.15) is 13.3 Å². The Labute approximate surface area is 119 Å². The zero-order valence-electron chi connectivity index (χ0n) is 11.1. The van der Waals surface area contributed by atoms with E-state index in [9.17, 15) is 10.1 Å². The number of hydrogen-bond acceptors (Lipinski definition) is 7. The van der Waals surface area contributed by atoms with Crippen molar-refractivity contribution in [3.63, 3.8) is 0 Å². The molecule has 8 nitrogen and oxygen atoms in total. The van der Waals surface area contributed by atoms with Gasteiger partial charge in [-0.05, 0) is 6.42 Å². The van der Waals surface area contributed by atoms with Crippen LogP contribution in [-0.2, 0) is 7.05 Å². The van der Waals surface area contributed by atoms with Gasteiger partial charge >= 0.3 is 5.69 Å². The first-order valence-electron chi connectivity index (χ1n) is 6.02. The molecule has 0 aromatic carbocycles. The third kappa shape index (κ3) is 3.44. The Bertz CT molecular complexity index is 615. The number of anilines is 1. The minimum atomic E-state index is -0.484. The quantitative estimate of drug-likeness (QED) is 0.494. The number of nitrogens with one attached hydrogen (secondary N) is 1. The topological polar surface area (TPSA) is 98.8 Å². The first-order chi connectivity index (χ1) is 9.60. The molecule has 2 rings (SSSR count). The van der Waals surface area contributed by atoms with Gasteiger partial charge in [0.15, 0.2) is 5.03 Å². The lowest BCUT2D eigenvalue weighted by Gasteiger charge is -2.05. The number of aromatic nitrogens is 4. The molecule has 2 aromatic heterocycles. The van der Waals surface area contributed by atoms with E-state index in [-0.39, 0.29) is 5.69 Å². The molecule has 0 saturated carbocycles. The molecule has 0 bridgehead atoms. The Morgan fingerprint density at radius 1 is 1.50 bits per heavy atom. The van der Waals surface area contributed by atoms with Crippen LogP contribution in [0.25, 0.3) is 0 Å². The second-order valence-corrected chi connectivity index (χ2v) is 5.08. The summed E-state index contributed by atoms with van der Waals surface area (Å²) in [5.41, 5.74) is -0.110. The SMILES string of the molecule is CCCNc1ncc([N+](=O)[O-])c(Sc2cnn(C)c2)n1. The van der Waals surface area contributed by atoms with Crippen LogP contribution in [0.4, 0.5) is 11.6 Å². The predicted molar refractivity (Wildman–Crippen MR) is 74.8 cm³/mol. The van der Waals surface area contributed by atoms with Gasteiger partial charge in [-0.2, -0.15) is 10.1 Å². The van der Waals surface area contributed by atoms with E-state index in [0.29, 0.717) is 11.0 Å². The molecule has 9 heteroatoms. The van der Waals surface area contributed by atoms with Gasteiger partial charge in [-0.15, -0.1) is 0 Å². The van der Waals surface area contributed by atoms with Crippen LogP contribution < -0.4 is 5.32 Å². The predicted octanol–water partition coefficient (Wildman–Crippen LogP) is 2.09. The van der Waals surface area contributed by atoms with E-state index >= 15 is 0 Å². The highest BCUT2D eigenvalue weighted by molar-refractivity contribution is 7.99. The molecular weight excluding hydrogens is 280 g/mol. The van der Waals surface area contributed by atoms with Crippen LogP contribution in [0, 0.1) is 10.1 Å². The van der Waals surface area contributed by atoms with Crippen molar-refractivity contribution in [2.24, 2.45) is 7.05 Å². The monoisotopic (exact) mass is 294 g/mol. The maximum Gasteiger partial charge on any atom is 0.320 e. The standard InChI is InChI=1S/C11H14N6O2S/c1-3-4-12-11-13-6-9(17(18)19)10(15-11)20-8-5-14-16(2)7-8/h5-7H,3-4H2,1-2H3,(H,12,13,15). The average Bonchev–Trinajstić information content (AvgIpc) is 2.81. The minimum absolute atomic E-state index is 0.110. The summed E-state index contributed by atoms with van der Waals surface area (Å²) in [5.74, 6) is 0.392. The summed E-state index contributed by atoms with van der Waals surface area (Å²) >= 11 is 1.19. The molecular formula is C11H14N6O2S. The number of rotatable bonds is 6. The molecule has 2 heterocycles. The first-order valence-corrected chi connectivity index (χ1v) is 6.83. The zero-order chi connectivity index (χ0) is 14.5. The highest BCUT2D eigenvalue weighted by atomic mass is 32.2. The average molecular weight is 294 g/mol. The number of aryl methyl sites for hydroxylation is 1. The molecule has 0 aliphatic carbocycles. The summed E-state index contributed by atoms with van der Waals surface area (Å²) in [6.07, 6.45) is 5.56. The first kappa shape index (κ1) is 14.3. The van der Waals surface area contributed by atoms with Crippen molar-refractivity contribution in [1.29, 1.82) is 0 Å². The van der Waals surface area contributed by atoms with Gasteiger partial charge < -0.3 is 5.32 Å². The molecule has 0 spiro atoms. The number of nitrogens with zero attached hydrogens (tertiary/aromatic N) is 5. The fourth-order valence-corrected chi connectivity index (χ4v) is 2.34. The van der Waals surface area contributed by atoms with E-state index in [2.05, 4.69) is 20.4 Å². The minimum Gasteiger partial charge on any atom is -0.354 e. The fraction of sp³-hybridized carbons (Fsp3) is 0.364. The van der Waals surface area contributed by atoms with Crippen molar-refractivity contribution in [1.82, 2.24) is 19.7 Å². The van der Waals surface area contributed by atoms with Crippen LogP contribution >= 0.6 is 11.8 Å². The second kappa shape index (κ2) is 6.33. The maximum atomic E-state index is 11.0. The van der Waals surface area contributed by atoms with Gasteiger partial charge in [-0.3, -0.25) is 14.8 Å². The highest BCUT2D eigenvalue weighted by Gasteiger charge is 2.19. The van der Waals surface area contributed by atoms with Gasteiger partial charge in [0.1, 0.15) is 6.20 Å². The molecule has 0 radical (unpaired) electrons. The van der Waals surface area contributed by atoms with E-state index in [1.807, 2.05) is 6.92 Å². The molecule has 0 unspecified atom stereocenters. The van der Waals surface area contributed by atoms with Gasteiger partial charge in [0.2, 0.25) is 5.95 Å². The molecule has 0 aliphatic heterocycles. The zero-order valence-corrected chi connectivity index (χ0v) is 11.9. The lowest BCUT2D eigenvalue weighted by Crippen LogP contribution is -2.06. The molecule has 1 N–H and O–H groups in total. The molecule has 106 valence electrons. The third-order valence-corrected chi connectivity index (χ3v) is 3.30. The Kier molecular flexibility index (Phi) is 4.51. The van der Waals surface area contributed by atoms with Gasteiger partial charge in [-0.1, -0.05) is 18.7 Å². The Morgan fingerprint density at radius 2 is 2.30 bits per heavy atom. The molecule has 0 aliphatic rings. The summed E-state index contributed by atoms with van der Waals surface area (Å²) in [7, 11) is 1.78. The molecule has 20 heavy (non-hydrogen) atoms. The Hall–Kier alpha value is -2.16. The van der Waals surface area contributed by atoms with E-state index in [1.165, 1.54) is 18.0 Å². The van der Waals surface area contributed by atoms with Gasteiger partial charge in [0, 0.05) is 19.8 Å². The van der Waals surface area contributed by atoms with E-state index < -0.39 is 4.92 Å². The van der Waals surface area contributed by atoms with Crippen molar-refractivity contribution in [2.45, 2.75) is 23.3 Å².